The molecule has 1 N–H and O–H groups in total. The molecule has 0 aromatic carbocycles. The molecule has 1 aliphatic rings. The van der Waals surface area contributed by atoms with Crippen molar-refractivity contribution in [1.29, 1.82) is 0 Å². The molecule has 0 saturated carbocycles. The molecule has 1 aliphatic heterocycles. The fourth-order valence-electron chi connectivity index (χ4n) is 0.573. The van der Waals surface area contributed by atoms with E-state index in [0.717, 1.165) is 0 Å². The molecule has 1 amide bonds. The van der Waals surface area contributed by atoms with Gasteiger partial charge in [0.15, 0.2) is 0 Å². The minimum atomic E-state index is -0.590. The van der Waals surface area contributed by atoms with Gasteiger partial charge in [-0.1, -0.05) is 12.8 Å². The van der Waals surface area contributed by atoms with Gasteiger partial charge in [0.2, 0.25) is 5.78 Å². The number of rotatable bonds is 0. The van der Waals surface area contributed by atoms with E-state index in [0.29, 0.717) is 0 Å². The van der Waals surface area contributed by atoms with Gasteiger partial charge in [-0.2, -0.15) is 4.41 Å². The molecule has 1 heterocycles. The molecule has 10 heavy (non-hydrogen) atoms. The van der Waals surface area contributed by atoms with Crippen molar-refractivity contribution in [2.24, 2.45) is 0 Å². The van der Waals surface area contributed by atoms with Crippen LogP contribution in [0.15, 0.2) is 0 Å². The molecule has 0 unspecified atom stereocenters. The lowest BCUT2D eigenvalue weighted by Crippen LogP contribution is -2.57. The number of amides is 1. The van der Waals surface area contributed by atoms with Crippen molar-refractivity contribution in [2.75, 3.05) is 13.6 Å². The first-order valence-corrected chi connectivity index (χ1v) is 3.05. The maximum atomic E-state index is 10.6. The lowest BCUT2D eigenvalue weighted by atomic mass is 10.4. The van der Waals surface area contributed by atoms with Crippen LogP contribution in [-0.2, 0) is 9.59 Å². The van der Waals surface area contributed by atoms with E-state index in [-0.39, 0.29) is 6.54 Å². The van der Waals surface area contributed by atoms with Crippen molar-refractivity contribution in [3.05, 3.63) is 0 Å². The third-order valence-electron chi connectivity index (χ3n) is 1.15. The highest BCUT2D eigenvalue weighted by Gasteiger charge is 2.25. The van der Waals surface area contributed by atoms with Crippen LogP contribution in [-0.4, -0.2) is 34.8 Å². The number of Topliss-reactive ketones (excluding diaryl/α,β-unsaturated/α-hetero) is 1. The molecule has 0 spiro atoms. The summed E-state index contributed by atoms with van der Waals surface area (Å²) in [6.07, 6.45) is 0. The zero-order chi connectivity index (χ0) is 7.72. The van der Waals surface area contributed by atoms with E-state index in [1.54, 1.807) is 7.05 Å². The van der Waals surface area contributed by atoms with Gasteiger partial charge in [-0.3, -0.25) is 15.0 Å². The minimum absolute atomic E-state index is 0.0193. The molecule has 1 rings (SSSR count). The molecule has 0 atom stereocenters. The van der Waals surface area contributed by atoms with Crippen LogP contribution in [0.5, 0.6) is 0 Å². The summed E-state index contributed by atoms with van der Waals surface area (Å²) in [5.41, 5.74) is 2.27. The van der Waals surface area contributed by atoms with Crippen LogP contribution in [0.3, 0.4) is 0 Å². The van der Waals surface area contributed by atoms with Gasteiger partial charge in [-0.05, 0) is 0 Å². The second-order valence-corrected chi connectivity index (χ2v) is 2.38. The van der Waals surface area contributed by atoms with Crippen LogP contribution in [0.2, 0.25) is 0 Å². The summed E-state index contributed by atoms with van der Waals surface area (Å²) in [4.78, 5) is 21.2. The predicted molar refractivity (Wildman–Crippen MR) is 36.6 cm³/mol. The van der Waals surface area contributed by atoms with Crippen LogP contribution < -0.4 is 5.43 Å². The van der Waals surface area contributed by atoms with E-state index in [9.17, 15) is 9.59 Å². The van der Waals surface area contributed by atoms with Crippen molar-refractivity contribution < 1.29 is 9.59 Å². The summed E-state index contributed by atoms with van der Waals surface area (Å²) < 4.78 is 1.31. The number of carbonyl (C=O) groups excluding carboxylic acids is 2. The highest BCUT2D eigenvalue weighted by Crippen LogP contribution is 2.00. The van der Waals surface area contributed by atoms with Gasteiger partial charge in [0.1, 0.15) is 0 Å². The fraction of sp³-hybridized carbons (Fsp3) is 0.500. The largest absolute Gasteiger partial charge is 0.304 e. The number of nitrogens with one attached hydrogen (secondary N) is 1. The third kappa shape index (κ3) is 1.28. The van der Waals surface area contributed by atoms with Gasteiger partial charge in [0, 0.05) is 7.05 Å². The fourth-order valence-corrected chi connectivity index (χ4v) is 0.747. The SMILES string of the molecule is CN1NC(=O)C(=O)CN1S. The number of nitrogens with zero attached hydrogens (tertiary/aromatic N) is 2. The maximum absolute atomic E-state index is 10.6. The maximum Gasteiger partial charge on any atom is 0.304 e. The predicted octanol–water partition coefficient (Wildman–Crippen LogP) is -1.41. The molecular weight excluding hydrogens is 154 g/mol. The Morgan fingerprint density at radius 1 is 1.60 bits per heavy atom. The Kier molecular flexibility index (Phi) is 1.93. The lowest BCUT2D eigenvalue weighted by Gasteiger charge is -2.29. The van der Waals surface area contributed by atoms with Crippen LogP contribution in [0.4, 0.5) is 0 Å². The van der Waals surface area contributed by atoms with E-state index >= 15 is 0 Å². The molecule has 6 heteroatoms. The lowest BCUT2D eigenvalue weighted by molar-refractivity contribution is -0.150. The van der Waals surface area contributed by atoms with Crippen molar-refractivity contribution in [2.45, 2.75) is 0 Å². The van der Waals surface area contributed by atoms with Gasteiger partial charge in [0.25, 0.3) is 0 Å². The average molecular weight is 161 g/mol. The van der Waals surface area contributed by atoms with Crippen molar-refractivity contribution >= 4 is 24.5 Å². The molecule has 0 bridgehead atoms. The van der Waals surface area contributed by atoms with E-state index in [2.05, 4.69) is 18.2 Å². The second kappa shape index (κ2) is 2.57. The molecule has 0 aromatic rings. The summed E-state index contributed by atoms with van der Waals surface area (Å²) in [5, 5.41) is 1.34. The summed E-state index contributed by atoms with van der Waals surface area (Å²) in [5.74, 6) is -1.07. The normalized spacial score (nSPS) is 23.0. The van der Waals surface area contributed by atoms with Gasteiger partial charge < -0.3 is 0 Å². The number of ketones is 1. The van der Waals surface area contributed by atoms with E-state index in [1.807, 2.05) is 0 Å². The van der Waals surface area contributed by atoms with Crippen LogP contribution in [0, 0.1) is 0 Å². The van der Waals surface area contributed by atoms with Gasteiger partial charge in [-0.15, -0.1) is 5.12 Å². The summed E-state index contributed by atoms with van der Waals surface area (Å²) in [6, 6.07) is 0. The Morgan fingerprint density at radius 2 is 2.20 bits per heavy atom. The zero-order valence-electron chi connectivity index (χ0n) is 5.37. The Morgan fingerprint density at radius 3 is 2.70 bits per heavy atom. The monoisotopic (exact) mass is 161 g/mol. The molecule has 0 aliphatic carbocycles. The smallest absolute Gasteiger partial charge is 0.287 e. The number of hydrogen-bond donors (Lipinski definition) is 2. The first-order valence-electron chi connectivity index (χ1n) is 2.65. The van der Waals surface area contributed by atoms with Gasteiger partial charge in [0.05, 0.1) is 6.54 Å². The Labute approximate surface area is 63.5 Å². The molecule has 1 saturated heterocycles. The Hall–Kier alpha value is -0.590. The standard InChI is InChI=1S/C4H7N3O2S/c1-6-5-4(9)3(8)2-7(6)10/h10H,2H2,1H3,(H,5,9). The van der Waals surface area contributed by atoms with Crippen LogP contribution in [0.25, 0.3) is 0 Å². The van der Waals surface area contributed by atoms with Crippen LogP contribution >= 0.6 is 12.8 Å². The molecule has 1 fully saturated rings. The summed E-state index contributed by atoms with van der Waals surface area (Å²) in [7, 11) is 1.59. The van der Waals surface area contributed by atoms with Gasteiger partial charge in [-0.25, -0.2) is 0 Å². The molecule has 0 aromatic heterocycles. The first-order chi connectivity index (χ1) is 4.61. The third-order valence-corrected chi connectivity index (χ3v) is 1.56. The highest BCUT2D eigenvalue weighted by molar-refractivity contribution is 7.77. The van der Waals surface area contributed by atoms with Crippen molar-refractivity contribution in [1.82, 2.24) is 15.0 Å². The van der Waals surface area contributed by atoms with Crippen molar-refractivity contribution in [3.63, 3.8) is 0 Å². The molecule has 5 nitrogen and oxygen atoms in total. The van der Waals surface area contributed by atoms with E-state index in [4.69, 9.17) is 0 Å². The topological polar surface area (TPSA) is 52.7 Å². The summed E-state index contributed by atoms with van der Waals surface area (Å²) >= 11 is 3.88. The van der Waals surface area contributed by atoms with Gasteiger partial charge >= 0.3 is 5.91 Å². The van der Waals surface area contributed by atoms with Crippen molar-refractivity contribution in [3.8, 4) is 0 Å². The zero-order valence-corrected chi connectivity index (χ0v) is 6.26. The second-order valence-electron chi connectivity index (χ2n) is 1.92. The number of hydrazine groups is 2. The van der Waals surface area contributed by atoms with E-state index in [1.165, 1.54) is 9.53 Å². The summed E-state index contributed by atoms with van der Waals surface area (Å²) in [6.45, 7) is 0.0193. The highest BCUT2D eigenvalue weighted by atomic mass is 32.1. The Bertz CT molecular complexity index is 163. The quantitative estimate of drug-likeness (QED) is 0.339. The Balaban J connectivity index is 2.63. The van der Waals surface area contributed by atoms with E-state index < -0.39 is 11.7 Å². The first kappa shape index (κ1) is 7.52. The molecule has 0 radical (unpaired) electrons. The van der Waals surface area contributed by atoms with Crippen LogP contribution in [0.1, 0.15) is 0 Å². The molecule has 56 valence electrons. The minimum Gasteiger partial charge on any atom is -0.287 e. The number of hydrogen-bond acceptors (Lipinski definition) is 5. The average Bonchev–Trinajstić information content (AvgIpc) is 1.84. The number of carbonyl (C=O) groups is 2. The molecular formula is C4H7N3O2S. The number of thiol groups is 1.